The van der Waals surface area contributed by atoms with Crippen LogP contribution in [0.1, 0.15) is 0 Å². The monoisotopic (exact) mass is 1660 g/mol. The summed E-state index contributed by atoms with van der Waals surface area (Å²) in [4.78, 5) is 40.1. The smallest absolute Gasteiger partial charge is 0.453 e. The maximum absolute atomic E-state index is 7.47. The van der Waals surface area contributed by atoms with E-state index < -0.39 is 0 Å². The zero-order valence-corrected chi connectivity index (χ0v) is 59.6. The van der Waals surface area contributed by atoms with E-state index >= 15 is 0 Å². The average molecular weight is 1680 g/mol. The Hall–Kier alpha value is -3.66. The number of para-hydroxylation sites is 4. The van der Waals surface area contributed by atoms with Crippen LogP contribution in [0.15, 0.2) is 115 Å². The van der Waals surface area contributed by atoms with Gasteiger partial charge in [0.1, 0.15) is 43.1 Å². The van der Waals surface area contributed by atoms with Crippen LogP contribution < -0.4 is 28.9 Å². The molecule has 0 radical (unpaired) electrons. The van der Waals surface area contributed by atoms with Crippen molar-refractivity contribution < 1.29 is 38.4 Å². The number of halogens is 16. The van der Waals surface area contributed by atoms with Crippen LogP contribution in [0.4, 0.5) is 0 Å². The first-order chi connectivity index (χ1) is 40.3. The van der Waals surface area contributed by atoms with Crippen LogP contribution in [0, 0.1) is 0 Å². The second kappa shape index (κ2) is 24.3. The molecule has 12 nitrogen and oxygen atoms in total. The number of benzene rings is 8. The van der Waals surface area contributed by atoms with E-state index in [0.717, 1.165) is 0 Å². The molecule has 0 saturated carbocycles. The number of hydrogen-bond acceptors (Lipinski definition) is 10. The Morgan fingerprint density at radius 2 is 0.494 bits per heavy atom. The molecule has 8 aromatic carbocycles. The molecule has 85 heavy (non-hydrogen) atoms. The van der Waals surface area contributed by atoms with E-state index in [1.165, 1.54) is 0 Å². The normalized spacial score (nSPS) is 11.7. The van der Waals surface area contributed by atoms with Crippen molar-refractivity contribution in [3.63, 3.8) is 0 Å². The summed E-state index contributed by atoms with van der Waals surface area (Å²) in [6.07, 6.45) is 0. The van der Waals surface area contributed by atoms with Crippen molar-refractivity contribution in [1.29, 1.82) is 0 Å². The van der Waals surface area contributed by atoms with Crippen molar-refractivity contribution in [2.24, 2.45) is 0 Å². The molecule has 0 atom stereocenters. The summed E-state index contributed by atoms with van der Waals surface area (Å²) in [5.41, 5.74) is -0.314. The number of aromatic nitrogens is 8. The van der Waals surface area contributed by atoms with Crippen molar-refractivity contribution in [2.45, 2.75) is 0 Å². The molecule has 3 aromatic heterocycles. The second-order valence-electron chi connectivity index (χ2n) is 17.7. The maximum atomic E-state index is 7.47. The first-order valence-corrected chi connectivity index (χ1v) is 31.3. The van der Waals surface area contributed by atoms with E-state index in [1.807, 2.05) is 0 Å². The van der Waals surface area contributed by atoms with Crippen LogP contribution in [0.25, 0.3) is 89.7 Å². The Morgan fingerprint density at radius 1 is 0.271 bits per heavy atom. The van der Waals surface area contributed by atoms with Crippen molar-refractivity contribution in [3.8, 4) is 91.5 Å². The maximum Gasteiger partial charge on any atom is 2.00 e. The minimum atomic E-state index is -0.151. The predicted molar refractivity (Wildman–Crippen MR) is 351 cm³/mol. The number of hydrogen-bond donors (Lipinski definition) is 0. The van der Waals surface area contributed by atoms with Gasteiger partial charge in [-0.15, -0.1) is 0 Å². The summed E-state index contributed by atoms with van der Waals surface area (Å²) in [5.74, 6) is 0.442. The molecular formula is C56H16Br4Cl12N8O4Zn. The SMILES string of the molecule is Clc1c(Cl)c2c(c(Cl)c1Oc1ccccc1Br)-c1nc-2nc2[n-]c(nc3nc(nc4[n-]c(n1)c1c(Cl)c(Cl)c(Oc5ccccc5Br)c(Cl)c41)-c1c(Cl)c(Cl)c(Oc4ccccc4Br)c(Cl)c1-3)c1c(Cl)c(Oc3ccccc3Br)c(Cl)c(Cl)c21.[Zn+2]. The molecule has 0 fully saturated rings. The van der Waals surface area contributed by atoms with E-state index in [-0.39, 0.29) is 192 Å². The molecular weight excluding hydrogens is 1660 g/mol. The number of nitrogens with zero attached hydrogens (tertiary/aromatic N) is 8. The van der Waals surface area contributed by atoms with Crippen molar-refractivity contribution in [3.05, 3.63) is 175 Å². The Balaban J connectivity index is 0.00000709. The summed E-state index contributed by atoms with van der Waals surface area (Å²) in [6.45, 7) is 0. The van der Waals surface area contributed by atoms with Crippen LogP contribution in [0.5, 0.6) is 46.0 Å². The first-order valence-electron chi connectivity index (χ1n) is 23.5. The molecule has 0 aliphatic carbocycles. The van der Waals surface area contributed by atoms with Gasteiger partial charge in [0.05, 0.1) is 81.4 Å². The second-order valence-corrected chi connectivity index (χ2v) is 25.7. The van der Waals surface area contributed by atoms with Gasteiger partial charge in [-0.05, 0) is 112 Å². The summed E-state index contributed by atoms with van der Waals surface area (Å²) < 4.78 is 27.9. The quantitative estimate of drug-likeness (QED) is 0.106. The van der Waals surface area contributed by atoms with Gasteiger partial charge in [0.25, 0.3) is 0 Å². The number of rotatable bonds is 8. The molecule has 29 heteroatoms. The standard InChI is InChI=1S/C56H16Br4Cl12N8O4.Zn/c57-17-9-1-5-13-21(17)81-45-37(65)29-25(33(61)41(45)69)49-73-50-26-31(39(67)47(42(70)34(26)62)83-23-15-7-3-11-19(23)59)55(75-50)80-56-32-28(36(64)44(72)48(40(32)68)84-24-16-8-4-12-20(24)60)52(79-56)78-54-30-27(51(77-54)76-53(29)74-49)35(63)43(71)46(38(30)66)82-22-14-6-2-10-18(22)58;/h1-16H;/q-2;+2. The molecule has 8 bridgehead atoms. The van der Waals surface area contributed by atoms with Crippen LogP contribution in [-0.2, 0) is 19.5 Å². The fourth-order valence-corrected chi connectivity index (χ4v) is 13.9. The zero-order valence-electron chi connectivity index (χ0n) is 41.2. The zero-order chi connectivity index (χ0) is 58.9. The summed E-state index contributed by atoms with van der Waals surface area (Å²) >= 11 is 102. The topological polar surface area (TPSA) is 142 Å². The molecule has 418 valence electrons. The molecule has 2 aliphatic heterocycles. The molecule has 13 rings (SSSR count). The molecule has 0 unspecified atom stereocenters. The summed E-state index contributed by atoms with van der Waals surface area (Å²) in [6, 6.07) is 28.0. The molecule has 0 N–H and O–H groups in total. The van der Waals surface area contributed by atoms with Crippen molar-refractivity contribution >= 4 is 247 Å². The van der Waals surface area contributed by atoms with Gasteiger partial charge in [-0.2, -0.15) is 0 Å². The van der Waals surface area contributed by atoms with Gasteiger partial charge >= 0.3 is 19.5 Å². The van der Waals surface area contributed by atoms with E-state index in [4.69, 9.17) is 198 Å². The van der Waals surface area contributed by atoms with E-state index in [2.05, 4.69) is 63.7 Å². The summed E-state index contributed by atoms with van der Waals surface area (Å²) in [7, 11) is 0. The van der Waals surface area contributed by atoms with Gasteiger partial charge in [0.2, 0.25) is 0 Å². The third kappa shape index (κ3) is 10.5. The Kier molecular flexibility index (Phi) is 17.6. The van der Waals surface area contributed by atoms with Gasteiger partial charge in [-0.1, -0.05) is 188 Å². The fourth-order valence-electron chi connectivity index (χ4n) is 9.04. The molecule has 2 aliphatic rings. The van der Waals surface area contributed by atoms with Gasteiger partial charge in [-0.3, -0.25) is 0 Å². The van der Waals surface area contributed by atoms with Crippen LogP contribution in [-0.4, -0.2) is 29.9 Å². The van der Waals surface area contributed by atoms with Gasteiger partial charge in [-0.25, -0.2) is 9.97 Å². The third-order valence-electron chi connectivity index (χ3n) is 12.8. The van der Waals surface area contributed by atoms with Crippen LogP contribution in [0.3, 0.4) is 0 Å². The van der Waals surface area contributed by atoms with E-state index in [9.17, 15) is 0 Å². The molecule has 11 aromatic rings. The Morgan fingerprint density at radius 3 is 0.765 bits per heavy atom. The van der Waals surface area contributed by atoms with Gasteiger partial charge in [0, 0.05) is 66.4 Å². The number of ether oxygens (including phenoxy) is 4. The average Bonchev–Trinajstić information content (AvgIpc) is 1.70. The largest absolute Gasteiger partial charge is 2.00 e. The van der Waals surface area contributed by atoms with E-state index in [1.54, 1.807) is 97.1 Å². The molecule has 0 amide bonds. The van der Waals surface area contributed by atoms with Crippen molar-refractivity contribution in [1.82, 2.24) is 39.9 Å². The van der Waals surface area contributed by atoms with Gasteiger partial charge < -0.3 is 48.9 Å². The molecule has 0 saturated heterocycles. The Labute approximate surface area is 585 Å². The van der Waals surface area contributed by atoms with E-state index in [0.29, 0.717) is 40.9 Å². The molecule has 0 spiro atoms. The summed E-state index contributed by atoms with van der Waals surface area (Å²) in [5, 5.41) is -1.10. The molecule has 5 heterocycles. The minimum Gasteiger partial charge on any atom is -0.453 e. The minimum absolute atomic E-state index is 0. The van der Waals surface area contributed by atoms with Crippen LogP contribution in [0.2, 0.25) is 60.3 Å². The first kappa shape index (κ1) is 61.6. The van der Waals surface area contributed by atoms with Gasteiger partial charge in [0.15, 0.2) is 23.0 Å². The fraction of sp³-hybridized carbons (Fsp3) is 0. The van der Waals surface area contributed by atoms with Crippen LogP contribution >= 0.6 is 203 Å². The third-order valence-corrected chi connectivity index (χ3v) is 20.2. The Bertz CT molecular complexity index is 4950. The van der Waals surface area contributed by atoms with Crippen molar-refractivity contribution in [2.75, 3.05) is 0 Å². The predicted octanol–water partition coefficient (Wildman–Crippen LogP) is 24.2. The number of fused-ring (bicyclic) bond motifs is 20.